The fraction of sp³-hybridized carbons (Fsp3) is 0.0870. The normalized spacial score (nSPS) is 15.2. The summed E-state index contributed by atoms with van der Waals surface area (Å²) in [7, 11) is -5.82. The maximum atomic E-state index is 12.8. The Morgan fingerprint density at radius 2 is 1.56 bits per heavy atom. The van der Waals surface area contributed by atoms with Gasteiger partial charge in [-0.1, -0.05) is 54.6 Å². The molecule has 1 aliphatic heterocycles. The number of halogens is 3. The van der Waals surface area contributed by atoms with Gasteiger partial charge in [0.1, 0.15) is 18.1 Å². The molecule has 0 fully saturated rings. The average Bonchev–Trinajstić information content (AvgIpc) is 2.76. The predicted octanol–water partition coefficient (Wildman–Crippen LogP) is 5.24. The third kappa shape index (κ3) is 4.38. The summed E-state index contributed by atoms with van der Waals surface area (Å²) in [5.74, 6) is -1.03. The Morgan fingerprint density at radius 1 is 0.906 bits per heavy atom. The highest BCUT2D eigenvalue weighted by atomic mass is 32.2. The van der Waals surface area contributed by atoms with Crippen LogP contribution in [0.4, 0.5) is 13.2 Å². The Balaban J connectivity index is 1.54. The zero-order valence-electron chi connectivity index (χ0n) is 16.3. The molecule has 164 valence electrons. The number of ether oxygens (including phenoxy) is 1. The molecule has 4 rings (SSSR count). The summed E-state index contributed by atoms with van der Waals surface area (Å²) in [6.07, 6.45) is 1.67. The number of hydrogen-bond donors (Lipinski definition) is 0. The molecule has 9 heteroatoms. The molecule has 0 aliphatic carbocycles. The van der Waals surface area contributed by atoms with E-state index in [1.165, 1.54) is 6.07 Å². The summed E-state index contributed by atoms with van der Waals surface area (Å²) < 4.78 is 69.3. The number of benzene rings is 3. The Hall–Kier alpha value is -3.59. The molecule has 0 bridgehead atoms. The summed E-state index contributed by atoms with van der Waals surface area (Å²) in [6.45, 7) is -0.123. The van der Waals surface area contributed by atoms with Crippen LogP contribution >= 0.6 is 0 Å². The minimum atomic E-state index is -5.82. The summed E-state index contributed by atoms with van der Waals surface area (Å²) >= 11 is 0. The topological polar surface area (TPSA) is 69.7 Å². The Morgan fingerprint density at radius 3 is 2.22 bits per heavy atom. The van der Waals surface area contributed by atoms with Crippen molar-refractivity contribution in [2.24, 2.45) is 0 Å². The summed E-state index contributed by atoms with van der Waals surface area (Å²) in [5, 5.41) is 0. The van der Waals surface area contributed by atoms with Crippen molar-refractivity contribution in [3.63, 3.8) is 0 Å². The molecule has 0 unspecified atom stereocenters. The second kappa shape index (κ2) is 8.16. The van der Waals surface area contributed by atoms with Crippen LogP contribution in [0.3, 0.4) is 0 Å². The van der Waals surface area contributed by atoms with Crippen molar-refractivity contribution >= 4 is 22.0 Å². The molecule has 0 N–H and O–H groups in total. The van der Waals surface area contributed by atoms with Crippen LogP contribution in [-0.4, -0.2) is 26.3 Å². The average molecular weight is 460 g/mol. The molecule has 0 aromatic heterocycles. The van der Waals surface area contributed by atoms with E-state index < -0.39 is 21.4 Å². The van der Waals surface area contributed by atoms with Gasteiger partial charge in [0.25, 0.3) is 0 Å². The number of ketones is 1. The molecule has 0 saturated carbocycles. The molecule has 0 atom stereocenters. The summed E-state index contributed by atoms with van der Waals surface area (Å²) in [4.78, 5) is 12.8. The van der Waals surface area contributed by atoms with E-state index in [1.807, 2.05) is 54.6 Å². The van der Waals surface area contributed by atoms with Gasteiger partial charge >= 0.3 is 15.6 Å². The van der Waals surface area contributed by atoms with Gasteiger partial charge in [-0.3, -0.25) is 4.79 Å². The monoisotopic (exact) mass is 460 g/mol. The van der Waals surface area contributed by atoms with E-state index in [-0.39, 0.29) is 23.7 Å². The Bertz CT molecular complexity index is 1300. The van der Waals surface area contributed by atoms with Crippen LogP contribution in [-0.2, 0) is 10.1 Å². The first-order chi connectivity index (χ1) is 15.1. The van der Waals surface area contributed by atoms with E-state index in [4.69, 9.17) is 4.74 Å². The van der Waals surface area contributed by atoms with E-state index in [0.717, 1.165) is 28.8 Å². The molecule has 1 heterocycles. The molecular weight excluding hydrogens is 445 g/mol. The van der Waals surface area contributed by atoms with Crippen molar-refractivity contribution in [1.82, 2.24) is 0 Å². The number of carbonyl (C=O) groups excluding carboxylic acids is 1. The number of rotatable bonds is 4. The van der Waals surface area contributed by atoms with Crippen molar-refractivity contribution in [2.75, 3.05) is 6.61 Å². The molecule has 3 aromatic rings. The quantitative estimate of drug-likeness (QED) is 0.303. The van der Waals surface area contributed by atoms with Gasteiger partial charge in [-0.25, -0.2) is 0 Å². The highest BCUT2D eigenvalue weighted by Crippen LogP contribution is 2.34. The molecule has 32 heavy (non-hydrogen) atoms. The second-order valence-corrected chi connectivity index (χ2v) is 8.45. The van der Waals surface area contributed by atoms with Gasteiger partial charge in [-0.15, -0.1) is 0 Å². The molecule has 5 nitrogen and oxygen atoms in total. The molecule has 0 spiro atoms. The van der Waals surface area contributed by atoms with E-state index in [0.29, 0.717) is 5.57 Å². The van der Waals surface area contributed by atoms with E-state index in [2.05, 4.69) is 4.18 Å². The first kappa shape index (κ1) is 21.6. The zero-order chi connectivity index (χ0) is 22.9. The summed E-state index contributed by atoms with van der Waals surface area (Å²) in [5.41, 5.74) is -2.27. The molecular formula is C23H15F3O5S. The van der Waals surface area contributed by atoms with Crippen molar-refractivity contribution in [3.05, 3.63) is 89.5 Å². The Kier molecular flexibility index (Phi) is 5.52. The van der Waals surface area contributed by atoms with Crippen molar-refractivity contribution in [3.8, 4) is 22.6 Å². The van der Waals surface area contributed by atoms with Gasteiger partial charge in [-0.05, 0) is 34.9 Å². The van der Waals surface area contributed by atoms with Crippen LogP contribution in [0, 0.1) is 0 Å². The van der Waals surface area contributed by atoms with Gasteiger partial charge in [0, 0.05) is 11.6 Å². The second-order valence-electron chi connectivity index (χ2n) is 6.92. The van der Waals surface area contributed by atoms with Crippen LogP contribution in [0.15, 0.2) is 78.4 Å². The van der Waals surface area contributed by atoms with Crippen LogP contribution < -0.4 is 8.92 Å². The SMILES string of the molecule is O=C1/C(=C/c2ccc(-c3ccccc3)cc2)COc2cc(OS(=O)(=O)C(F)(F)F)ccc21. The predicted molar refractivity (Wildman–Crippen MR) is 112 cm³/mol. The number of hydrogen-bond acceptors (Lipinski definition) is 5. The maximum Gasteiger partial charge on any atom is 0.534 e. The lowest BCUT2D eigenvalue weighted by Gasteiger charge is -2.20. The van der Waals surface area contributed by atoms with E-state index in [9.17, 15) is 26.4 Å². The fourth-order valence-corrected chi connectivity index (χ4v) is 3.59. The summed E-state index contributed by atoms with van der Waals surface area (Å²) in [6, 6.07) is 20.4. The number of alkyl halides is 3. The van der Waals surface area contributed by atoms with Gasteiger partial charge in [-0.2, -0.15) is 21.6 Å². The largest absolute Gasteiger partial charge is 0.534 e. The first-order valence-electron chi connectivity index (χ1n) is 9.32. The van der Waals surface area contributed by atoms with Crippen LogP contribution in [0.2, 0.25) is 0 Å². The molecule has 3 aromatic carbocycles. The van der Waals surface area contributed by atoms with Gasteiger partial charge < -0.3 is 8.92 Å². The maximum absolute atomic E-state index is 12.8. The van der Waals surface area contributed by atoms with Crippen molar-refractivity contribution < 1.29 is 35.3 Å². The number of fused-ring (bicyclic) bond motifs is 1. The first-order valence-corrected chi connectivity index (χ1v) is 10.7. The lowest BCUT2D eigenvalue weighted by Crippen LogP contribution is -2.28. The highest BCUT2D eigenvalue weighted by Gasteiger charge is 2.48. The lowest BCUT2D eigenvalue weighted by atomic mass is 9.97. The third-order valence-corrected chi connectivity index (χ3v) is 5.70. The van der Waals surface area contributed by atoms with Gasteiger partial charge in [0.05, 0.1) is 5.56 Å². The standard InChI is InChI=1S/C23H15F3O5S/c24-23(25,26)32(28,29)31-19-10-11-20-21(13-19)30-14-18(22(20)27)12-15-6-8-17(9-7-15)16-4-2-1-3-5-16/h1-13H,14H2/b18-12+. The number of Topliss-reactive ketones (excluding diaryl/α,β-unsaturated/α-hetero) is 1. The smallest absolute Gasteiger partial charge is 0.488 e. The molecule has 0 saturated heterocycles. The zero-order valence-corrected chi connectivity index (χ0v) is 17.1. The highest BCUT2D eigenvalue weighted by molar-refractivity contribution is 7.88. The third-order valence-electron chi connectivity index (χ3n) is 4.72. The van der Waals surface area contributed by atoms with Gasteiger partial charge in [0.15, 0.2) is 5.78 Å². The fourth-order valence-electron chi connectivity index (χ4n) is 3.14. The lowest BCUT2D eigenvalue weighted by molar-refractivity contribution is -0.0500. The van der Waals surface area contributed by atoms with Crippen molar-refractivity contribution in [1.29, 1.82) is 0 Å². The minimum absolute atomic E-state index is 0.0542. The number of carbonyl (C=O) groups is 1. The minimum Gasteiger partial charge on any atom is -0.488 e. The molecule has 0 radical (unpaired) electrons. The van der Waals surface area contributed by atoms with Gasteiger partial charge in [0.2, 0.25) is 0 Å². The van der Waals surface area contributed by atoms with Crippen LogP contribution in [0.1, 0.15) is 15.9 Å². The molecule has 1 aliphatic rings. The van der Waals surface area contributed by atoms with E-state index in [1.54, 1.807) is 6.08 Å². The van der Waals surface area contributed by atoms with E-state index >= 15 is 0 Å². The molecule has 0 amide bonds. The van der Waals surface area contributed by atoms with Crippen LogP contribution in [0.25, 0.3) is 17.2 Å². The van der Waals surface area contributed by atoms with Crippen LogP contribution in [0.5, 0.6) is 11.5 Å². The Labute approximate surface area is 181 Å². The van der Waals surface area contributed by atoms with Crippen molar-refractivity contribution in [2.45, 2.75) is 5.51 Å².